The Morgan fingerprint density at radius 2 is 2.17 bits per heavy atom. The average molecular weight is 367 g/mol. The van der Waals surface area contributed by atoms with Gasteiger partial charge in [0.15, 0.2) is 0 Å². The molecule has 2 aromatic rings. The van der Waals surface area contributed by atoms with E-state index in [1.165, 1.54) is 11.8 Å². The van der Waals surface area contributed by atoms with Crippen LogP contribution in [-0.4, -0.2) is 33.9 Å². The third kappa shape index (κ3) is 5.54. The zero-order chi connectivity index (χ0) is 17.5. The molecule has 0 spiro atoms. The first-order valence-electron chi connectivity index (χ1n) is 7.57. The van der Waals surface area contributed by atoms with Gasteiger partial charge < -0.3 is 15.5 Å². The Kier molecular flexibility index (Phi) is 7.14. The van der Waals surface area contributed by atoms with Crippen LogP contribution in [0, 0.1) is 13.8 Å². The van der Waals surface area contributed by atoms with E-state index in [-0.39, 0.29) is 17.7 Å². The summed E-state index contributed by atoms with van der Waals surface area (Å²) in [7, 11) is 0. The molecule has 0 aliphatic heterocycles. The molecule has 1 amide bonds. The van der Waals surface area contributed by atoms with E-state index in [2.05, 4.69) is 15.5 Å². The second-order valence-electron chi connectivity index (χ2n) is 5.45. The Balaban J connectivity index is 1.84. The maximum atomic E-state index is 12.1. The quantitative estimate of drug-likeness (QED) is 0.693. The summed E-state index contributed by atoms with van der Waals surface area (Å²) < 4.78 is 5.51. The predicted molar refractivity (Wildman–Crippen MR) is 99.5 cm³/mol. The van der Waals surface area contributed by atoms with Crippen molar-refractivity contribution in [1.29, 1.82) is 0 Å². The van der Waals surface area contributed by atoms with Crippen molar-refractivity contribution in [3.63, 3.8) is 0 Å². The number of thioether (sulfide) groups is 2. The van der Waals surface area contributed by atoms with E-state index in [0.717, 1.165) is 29.0 Å². The number of aromatic nitrogens is 2. The predicted octanol–water partition coefficient (Wildman–Crippen LogP) is 3.17. The minimum Gasteiger partial charge on any atom is -0.414 e. The van der Waals surface area contributed by atoms with Gasteiger partial charge in [-0.2, -0.15) is 11.8 Å². The molecule has 1 atom stereocenters. The molecule has 0 aliphatic rings. The molecule has 0 fully saturated rings. The number of hydrogen-bond acceptors (Lipinski definition) is 7. The molecule has 1 heterocycles. The van der Waals surface area contributed by atoms with Gasteiger partial charge in [0.2, 0.25) is 11.8 Å². The number of nitrogens with zero attached hydrogens (tertiary/aromatic N) is 2. The van der Waals surface area contributed by atoms with Crippen LogP contribution in [0.5, 0.6) is 0 Å². The fourth-order valence-corrected chi connectivity index (χ4v) is 3.12. The number of benzene rings is 1. The number of carbonyl (C=O) groups excluding carboxylic acids is 1. The van der Waals surface area contributed by atoms with Gasteiger partial charge in [0, 0.05) is 5.69 Å². The van der Waals surface area contributed by atoms with Crippen LogP contribution in [0.15, 0.2) is 27.8 Å². The highest BCUT2D eigenvalue weighted by Crippen LogP contribution is 2.22. The number of nitrogens with two attached hydrogens (primary N) is 1. The van der Waals surface area contributed by atoms with Crippen molar-refractivity contribution in [1.82, 2.24) is 10.2 Å². The smallest absolute Gasteiger partial charge is 0.277 e. The second kappa shape index (κ2) is 9.10. The fourth-order valence-electron chi connectivity index (χ4n) is 2.06. The summed E-state index contributed by atoms with van der Waals surface area (Å²) in [4.78, 5) is 12.1. The molecule has 0 unspecified atom stereocenters. The number of rotatable bonds is 8. The van der Waals surface area contributed by atoms with Gasteiger partial charge in [-0.1, -0.05) is 29.5 Å². The molecule has 1 aromatic heterocycles. The molecule has 6 nitrogen and oxygen atoms in total. The summed E-state index contributed by atoms with van der Waals surface area (Å²) in [6, 6.07) is 5.64. The molecule has 2 rings (SSSR count). The first-order valence-corrected chi connectivity index (χ1v) is 9.95. The van der Waals surface area contributed by atoms with E-state index >= 15 is 0 Å². The van der Waals surface area contributed by atoms with E-state index in [0.29, 0.717) is 11.1 Å². The summed E-state index contributed by atoms with van der Waals surface area (Å²) in [5, 5.41) is 11.1. The third-order valence-electron chi connectivity index (χ3n) is 3.36. The lowest BCUT2D eigenvalue weighted by Gasteiger charge is -2.08. The molecule has 0 saturated carbocycles. The van der Waals surface area contributed by atoms with E-state index in [1.807, 2.05) is 38.3 Å². The molecule has 130 valence electrons. The van der Waals surface area contributed by atoms with Crippen LogP contribution in [0.3, 0.4) is 0 Å². The van der Waals surface area contributed by atoms with Crippen molar-refractivity contribution >= 4 is 35.1 Å². The molecular formula is C16H22N4O2S2. The van der Waals surface area contributed by atoms with Crippen LogP contribution in [0.1, 0.15) is 29.5 Å². The molecule has 1 aromatic carbocycles. The van der Waals surface area contributed by atoms with Crippen LogP contribution >= 0.6 is 23.5 Å². The average Bonchev–Trinajstić information content (AvgIpc) is 3.02. The number of anilines is 1. The van der Waals surface area contributed by atoms with Gasteiger partial charge in [-0.15, -0.1) is 10.2 Å². The Morgan fingerprint density at radius 3 is 2.88 bits per heavy atom. The number of amides is 1. The zero-order valence-electron chi connectivity index (χ0n) is 14.0. The van der Waals surface area contributed by atoms with Crippen LogP contribution in [-0.2, 0) is 4.79 Å². The maximum absolute atomic E-state index is 12.1. The van der Waals surface area contributed by atoms with Crippen molar-refractivity contribution in [3.8, 4) is 0 Å². The van der Waals surface area contributed by atoms with Gasteiger partial charge in [-0.3, -0.25) is 4.79 Å². The van der Waals surface area contributed by atoms with Crippen molar-refractivity contribution in [2.24, 2.45) is 5.73 Å². The lowest BCUT2D eigenvalue weighted by atomic mass is 10.1. The lowest BCUT2D eigenvalue weighted by molar-refractivity contribution is -0.113. The van der Waals surface area contributed by atoms with Gasteiger partial charge in [0.05, 0.1) is 11.8 Å². The summed E-state index contributed by atoms with van der Waals surface area (Å²) in [5.41, 5.74) is 9.00. The highest BCUT2D eigenvalue weighted by atomic mass is 32.2. The summed E-state index contributed by atoms with van der Waals surface area (Å²) in [6.07, 6.45) is 2.80. The first-order chi connectivity index (χ1) is 11.5. The van der Waals surface area contributed by atoms with Gasteiger partial charge in [-0.25, -0.2) is 0 Å². The molecule has 0 bridgehead atoms. The van der Waals surface area contributed by atoms with Crippen molar-refractivity contribution in [2.75, 3.05) is 23.1 Å². The molecule has 3 N–H and O–H groups in total. The highest BCUT2D eigenvalue weighted by Gasteiger charge is 2.15. The SMILES string of the molecule is CSCC[C@H](N)c1nnc(SCC(=O)Nc2ccc(C)cc2C)o1. The highest BCUT2D eigenvalue weighted by molar-refractivity contribution is 7.99. The van der Waals surface area contributed by atoms with Crippen LogP contribution in [0.2, 0.25) is 0 Å². The molecule has 8 heteroatoms. The van der Waals surface area contributed by atoms with Crippen molar-refractivity contribution in [2.45, 2.75) is 31.5 Å². The number of nitrogens with one attached hydrogen (secondary N) is 1. The summed E-state index contributed by atoms with van der Waals surface area (Å²) in [5.74, 6) is 1.44. The van der Waals surface area contributed by atoms with Gasteiger partial charge in [0.1, 0.15) is 0 Å². The Labute approximate surface area is 150 Å². The van der Waals surface area contributed by atoms with Crippen LogP contribution in [0.25, 0.3) is 0 Å². The number of carbonyl (C=O) groups is 1. The van der Waals surface area contributed by atoms with Crippen LogP contribution in [0.4, 0.5) is 5.69 Å². The Morgan fingerprint density at radius 1 is 1.38 bits per heavy atom. The van der Waals surface area contributed by atoms with Gasteiger partial charge in [-0.05, 0) is 43.9 Å². The second-order valence-corrected chi connectivity index (χ2v) is 7.36. The maximum Gasteiger partial charge on any atom is 0.277 e. The van der Waals surface area contributed by atoms with E-state index in [4.69, 9.17) is 10.2 Å². The Hall–Kier alpha value is -1.51. The summed E-state index contributed by atoms with van der Waals surface area (Å²) >= 11 is 2.93. The normalized spacial score (nSPS) is 12.2. The van der Waals surface area contributed by atoms with Crippen LogP contribution < -0.4 is 11.1 Å². The molecule has 0 saturated heterocycles. The monoisotopic (exact) mass is 366 g/mol. The van der Waals surface area contributed by atoms with E-state index in [9.17, 15) is 4.79 Å². The van der Waals surface area contributed by atoms with Crippen molar-refractivity contribution < 1.29 is 9.21 Å². The Bertz CT molecular complexity index is 690. The third-order valence-corrected chi connectivity index (χ3v) is 4.82. The van der Waals surface area contributed by atoms with Gasteiger partial charge >= 0.3 is 0 Å². The fraction of sp³-hybridized carbons (Fsp3) is 0.438. The molecule has 0 radical (unpaired) electrons. The topological polar surface area (TPSA) is 94.0 Å². The summed E-state index contributed by atoms with van der Waals surface area (Å²) in [6.45, 7) is 3.99. The van der Waals surface area contributed by atoms with Gasteiger partial charge in [0.25, 0.3) is 5.22 Å². The molecular weight excluding hydrogens is 344 g/mol. The minimum atomic E-state index is -0.261. The van der Waals surface area contributed by atoms with E-state index < -0.39 is 0 Å². The standard InChI is InChI=1S/C16H22N4O2S2/c1-10-4-5-13(11(2)8-10)18-14(21)9-24-16-20-19-15(22-16)12(17)6-7-23-3/h4-5,8,12H,6-7,9,17H2,1-3H3,(H,18,21)/t12-/m0/s1. The molecule has 0 aliphatic carbocycles. The first kappa shape index (κ1) is 18.8. The minimum absolute atomic E-state index is 0.113. The lowest BCUT2D eigenvalue weighted by Crippen LogP contribution is -2.14. The van der Waals surface area contributed by atoms with E-state index in [1.54, 1.807) is 11.8 Å². The molecule has 24 heavy (non-hydrogen) atoms. The number of aryl methyl sites for hydroxylation is 2. The largest absolute Gasteiger partial charge is 0.414 e. The number of hydrogen-bond donors (Lipinski definition) is 2. The zero-order valence-corrected chi connectivity index (χ0v) is 15.7. The van der Waals surface area contributed by atoms with Crippen molar-refractivity contribution in [3.05, 3.63) is 35.2 Å².